The first-order valence-corrected chi connectivity index (χ1v) is 3.87. The van der Waals surface area contributed by atoms with Crippen LogP contribution in [-0.4, -0.2) is 12.7 Å². The van der Waals surface area contributed by atoms with Gasteiger partial charge in [-0.3, -0.25) is 4.79 Å². The van der Waals surface area contributed by atoms with E-state index in [0.29, 0.717) is 0 Å². The molecule has 0 aliphatic carbocycles. The molecule has 0 aromatic heterocycles. The summed E-state index contributed by atoms with van der Waals surface area (Å²) in [4.78, 5) is 9.40. The molecule has 0 rings (SSSR count). The van der Waals surface area contributed by atoms with Crippen molar-refractivity contribution in [2.75, 3.05) is 6.66 Å². The van der Waals surface area contributed by atoms with E-state index < -0.39 is 7.27 Å². The van der Waals surface area contributed by atoms with Crippen LogP contribution in [-0.2, 0) is 4.79 Å². The zero-order valence-corrected chi connectivity index (χ0v) is 4.46. The zero-order chi connectivity index (χ0) is 4.28. The van der Waals surface area contributed by atoms with E-state index in [1.807, 2.05) is 0 Å². The van der Waals surface area contributed by atoms with Crippen molar-refractivity contribution >= 4 is 24.5 Å². The lowest BCUT2D eigenvalue weighted by Crippen LogP contribution is -1.51. The van der Waals surface area contributed by atoms with Crippen LogP contribution in [0.2, 0.25) is 0 Å². The van der Waals surface area contributed by atoms with Crippen molar-refractivity contribution in [3.05, 3.63) is 0 Å². The van der Waals surface area contributed by atoms with Gasteiger partial charge < -0.3 is 0 Å². The Morgan fingerprint density at radius 2 is 2.20 bits per heavy atom. The second-order valence-electron chi connectivity index (χ2n) is 0.630. The Morgan fingerprint density at radius 3 is 2.20 bits per heavy atom. The monoisotopic (exact) mass is 110 g/mol. The van der Waals surface area contributed by atoms with Crippen molar-refractivity contribution in [1.82, 2.24) is 0 Å². The normalized spacial score (nSPS) is 14.0. The first-order valence-electron chi connectivity index (χ1n) is 1.11. The summed E-state index contributed by atoms with van der Waals surface area (Å²) >= 11 is 5.16. The third-order valence-corrected chi connectivity index (χ3v) is 0.675. The van der Waals surface area contributed by atoms with Gasteiger partial charge in [0.1, 0.15) is 0 Å². The minimum atomic E-state index is -0.807. The van der Waals surface area contributed by atoms with Gasteiger partial charge in [-0.1, -0.05) is 11.2 Å². The average Bonchev–Trinajstić information content (AvgIpc) is 1.38. The molecule has 0 aliphatic rings. The molecule has 1 unspecified atom stereocenters. The van der Waals surface area contributed by atoms with E-state index in [4.69, 9.17) is 11.2 Å². The number of rotatable bonds is 1. The Hall–Kier alpha value is 0.390. The van der Waals surface area contributed by atoms with Crippen LogP contribution in [0.1, 0.15) is 0 Å². The molecule has 0 spiro atoms. The van der Waals surface area contributed by atoms with Gasteiger partial charge in [0, 0.05) is 0 Å². The minimum absolute atomic E-state index is 0.747. The van der Waals surface area contributed by atoms with E-state index >= 15 is 0 Å². The largest absolute Gasteiger partial charge is 0.297 e. The molecule has 0 heterocycles. The third-order valence-electron chi connectivity index (χ3n) is 0.145. The lowest BCUT2D eigenvalue weighted by Gasteiger charge is -1.76. The smallest absolute Gasteiger partial charge is 0.157 e. The van der Waals surface area contributed by atoms with Gasteiger partial charge >= 0.3 is 0 Å². The molecule has 0 N–H and O–H groups in total. The van der Waals surface area contributed by atoms with Crippen LogP contribution in [0.5, 0.6) is 0 Å². The van der Waals surface area contributed by atoms with Gasteiger partial charge in [0.05, 0.1) is 7.27 Å². The van der Waals surface area contributed by atoms with Crippen molar-refractivity contribution in [2.45, 2.75) is 0 Å². The second kappa shape index (κ2) is 2.62. The van der Waals surface area contributed by atoms with E-state index in [-0.39, 0.29) is 0 Å². The maximum absolute atomic E-state index is 9.40. The number of hydrogen-bond acceptors (Lipinski definition) is 1. The van der Waals surface area contributed by atoms with Crippen molar-refractivity contribution in [3.8, 4) is 0 Å². The summed E-state index contributed by atoms with van der Waals surface area (Å²) in [6.45, 7) is 1.68. The first-order chi connectivity index (χ1) is 2.27. The van der Waals surface area contributed by atoms with Gasteiger partial charge in [-0.15, -0.1) is 0 Å². The maximum Gasteiger partial charge on any atom is 0.157 e. The van der Waals surface area contributed by atoms with E-state index in [1.54, 1.807) is 6.66 Å². The molecule has 3 heteroatoms. The SMILES string of the molecule is CP(Cl)C=O. The molecule has 0 fully saturated rings. The highest BCUT2D eigenvalue weighted by molar-refractivity contribution is 7.94. The number of hydrogen-bond donors (Lipinski definition) is 0. The summed E-state index contributed by atoms with van der Waals surface area (Å²) in [7, 11) is -0.807. The second-order valence-corrected chi connectivity index (χ2v) is 3.49. The summed E-state index contributed by atoms with van der Waals surface area (Å²) in [5, 5.41) is 0. The summed E-state index contributed by atoms with van der Waals surface area (Å²) < 4.78 is 0. The highest BCUT2D eigenvalue weighted by atomic mass is 35.7. The van der Waals surface area contributed by atoms with Crippen molar-refractivity contribution in [1.29, 1.82) is 0 Å². The fourth-order valence-electron chi connectivity index (χ4n) is 0. The van der Waals surface area contributed by atoms with Crippen LogP contribution in [0.25, 0.3) is 0 Å². The number of halogens is 1. The molecule has 0 saturated heterocycles. The molecule has 5 heavy (non-hydrogen) atoms. The molecule has 0 saturated carbocycles. The number of carbonyl (C=O) groups is 1. The lowest BCUT2D eigenvalue weighted by molar-refractivity contribution is 0.569. The Bertz CT molecular complexity index is 36.6. The van der Waals surface area contributed by atoms with Crippen LogP contribution >= 0.6 is 18.5 Å². The van der Waals surface area contributed by atoms with E-state index in [0.717, 1.165) is 6.03 Å². The summed E-state index contributed by atoms with van der Waals surface area (Å²) in [6, 6.07) is 0.747. The van der Waals surface area contributed by atoms with Crippen molar-refractivity contribution in [2.24, 2.45) is 0 Å². The van der Waals surface area contributed by atoms with Gasteiger partial charge in [-0.2, -0.15) is 0 Å². The topological polar surface area (TPSA) is 17.1 Å². The summed E-state index contributed by atoms with van der Waals surface area (Å²) in [5.41, 5.74) is 0. The number of carbonyl (C=O) groups excluding carboxylic acids is 1. The Morgan fingerprint density at radius 1 is 2.00 bits per heavy atom. The van der Waals surface area contributed by atoms with Crippen LogP contribution in [0, 0.1) is 0 Å². The van der Waals surface area contributed by atoms with E-state index in [2.05, 4.69) is 0 Å². The van der Waals surface area contributed by atoms with Gasteiger partial charge in [0.2, 0.25) is 0 Å². The average molecular weight is 110 g/mol. The third kappa shape index (κ3) is 4.39. The molecule has 0 bridgehead atoms. The Kier molecular flexibility index (Phi) is 2.82. The van der Waals surface area contributed by atoms with Crippen molar-refractivity contribution < 1.29 is 4.79 Å². The maximum atomic E-state index is 9.40. The Balaban J connectivity index is 2.83. The predicted molar refractivity (Wildman–Crippen MR) is 25.4 cm³/mol. The van der Waals surface area contributed by atoms with Crippen LogP contribution in [0.15, 0.2) is 0 Å². The predicted octanol–water partition coefficient (Wildman–Crippen LogP) is 1.44. The van der Waals surface area contributed by atoms with Crippen molar-refractivity contribution in [3.63, 3.8) is 0 Å². The van der Waals surface area contributed by atoms with Gasteiger partial charge in [0.15, 0.2) is 6.03 Å². The molecular formula is C2H4ClOP. The highest BCUT2D eigenvalue weighted by Crippen LogP contribution is 2.30. The summed E-state index contributed by atoms with van der Waals surface area (Å²) in [6.07, 6.45) is 0. The van der Waals surface area contributed by atoms with Gasteiger partial charge in [0.25, 0.3) is 0 Å². The molecule has 0 aromatic carbocycles. The molecule has 0 radical (unpaired) electrons. The van der Waals surface area contributed by atoms with Crippen LogP contribution in [0.4, 0.5) is 0 Å². The first kappa shape index (κ1) is 5.39. The Labute approximate surface area is 36.9 Å². The molecule has 0 amide bonds. The molecule has 0 aromatic rings. The summed E-state index contributed by atoms with van der Waals surface area (Å²) in [5.74, 6) is 0. The zero-order valence-electron chi connectivity index (χ0n) is 2.81. The standard InChI is InChI=1S/C2H4ClOP/c1-5(3)2-4/h2H,1H3. The minimum Gasteiger partial charge on any atom is -0.297 e. The highest BCUT2D eigenvalue weighted by Gasteiger charge is 1.82. The fraction of sp³-hybridized carbons (Fsp3) is 0.500. The molecule has 1 atom stereocenters. The van der Waals surface area contributed by atoms with E-state index in [1.165, 1.54) is 0 Å². The quantitative estimate of drug-likeness (QED) is 0.369. The van der Waals surface area contributed by atoms with Crippen LogP contribution in [0.3, 0.4) is 0 Å². The molecule has 30 valence electrons. The van der Waals surface area contributed by atoms with Gasteiger partial charge in [-0.25, -0.2) is 0 Å². The molecule has 1 nitrogen and oxygen atoms in total. The molecule has 0 aliphatic heterocycles. The fourth-order valence-corrected chi connectivity index (χ4v) is 0. The van der Waals surface area contributed by atoms with E-state index in [9.17, 15) is 4.79 Å². The van der Waals surface area contributed by atoms with Gasteiger partial charge in [-0.05, 0) is 6.66 Å². The molecular weight excluding hydrogens is 106 g/mol. The van der Waals surface area contributed by atoms with Crippen LogP contribution < -0.4 is 0 Å². The lowest BCUT2D eigenvalue weighted by atomic mass is 11.8.